The van der Waals surface area contributed by atoms with Crippen molar-refractivity contribution >= 4 is 85.1 Å². The van der Waals surface area contributed by atoms with Crippen molar-refractivity contribution in [1.82, 2.24) is 15.1 Å². The summed E-state index contributed by atoms with van der Waals surface area (Å²) in [6.07, 6.45) is 2.59. The van der Waals surface area contributed by atoms with Crippen molar-refractivity contribution < 1.29 is 29.0 Å². The minimum atomic E-state index is -1.24. The first kappa shape index (κ1) is 31.5. The summed E-state index contributed by atoms with van der Waals surface area (Å²) in [5.74, 6) is -3.80. The van der Waals surface area contributed by atoms with Crippen LogP contribution in [0, 0.1) is 39.6 Å². The van der Waals surface area contributed by atoms with E-state index < -0.39 is 35.0 Å². The SMILES string of the molecule is COc1cc(C2C3=CCC4C(=O)NC(=O)C4C3CC3C(=O)N(c4cc(-c5sc6ccc(Cl)cc6c5C)nn4C)C(=O)C32C)cc(I)c1O. The van der Waals surface area contributed by atoms with E-state index in [1.165, 1.54) is 12.0 Å². The molecule has 4 amide bonds. The van der Waals surface area contributed by atoms with Gasteiger partial charge in [-0.3, -0.25) is 29.2 Å². The van der Waals surface area contributed by atoms with E-state index in [4.69, 9.17) is 21.4 Å². The Morgan fingerprint density at radius 1 is 1.12 bits per heavy atom. The van der Waals surface area contributed by atoms with Crippen LogP contribution in [0.25, 0.3) is 20.7 Å². The molecule has 2 N–H and O–H groups in total. The predicted molar refractivity (Wildman–Crippen MR) is 189 cm³/mol. The Hall–Kier alpha value is -3.75. The van der Waals surface area contributed by atoms with Crippen LogP contribution in [0.3, 0.4) is 0 Å². The molecule has 0 radical (unpaired) electrons. The number of anilines is 1. The number of halogens is 2. The van der Waals surface area contributed by atoms with Crippen LogP contribution in [-0.4, -0.2) is 45.6 Å². The molecule has 8 rings (SSSR count). The number of allylic oxidation sites excluding steroid dienone is 2. The number of phenols is 1. The Bertz CT molecular complexity index is 2170. The van der Waals surface area contributed by atoms with Gasteiger partial charge in [0.05, 0.1) is 38.7 Å². The number of hydrogen-bond acceptors (Lipinski definition) is 8. The quantitative estimate of drug-likeness (QED) is 0.145. The molecule has 0 bridgehead atoms. The summed E-state index contributed by atoms with van der Waals surface area (Å²) in [7, 11) is 3.18. The van der Waals surface area contributed by atoms with Gasteiger partial charge in [0.15, 0.2) is 11.5 Å². The van der Waals surface area contributed by atoms with Crippen molar-refractivity contribution in [2.75, 3.05) is 12.0 Å². The number of nitrogens with one attached hydrogen (secondary N) is 1. The fourth-order valence-corrected chi connectivity index (χ4v) is 10.6. The van der Waals surface area contributed by atoms with Gasteiger partial charge in [-0.1, -0.05) is 23.3 Å². The van der Waals surface area contributed by atoms with Crippen LogP contribution in [0.5, 0.6) is 11.5 Å². The van der Waals surface area contributed by atoms with Crippen LogP contribution in [0.4, 0.5) is 5.82 Å². The molecule has 0 spiro atoms. The largest absolute Gasteiger partial charge is 0.504 e. The topological polar surface area (TPSA) is 131 Å². The molecular weight excluding hydrogens is 767 g/mol. The second-order valence-corrected chi connectivity index (χ2v) is 15.9. The first-order valence-electron chi connectivity index (χ1n) is 15.6. The van der Waals surface area contributed by atoms with Gasteiger partial charge in [-0.15, -0.1) is 11.3 Å². The molecule has 2 aliphatic carbocycles. The highest BCUT2D eigenvalue weighted by Gasteiger charge is 2.67. The monoisotopic (exact) mass is 796 g/mol. The second kappa shape index (κ2) is 10.9. The number of aromatic hydroxyl groups is 1. The van der Waals surface area contributed by atoms with Crippen LogP contribution in [0.2, 0.25) is 5.02 Å². The molecule has 2 aromatic heterocycles. The van der Waals surface area contributed by atoms with E-state index in [9.17, 15) is 24.3 Å². The summed E-state index contributed by atoms with van der Waals surface area (Å²) in [5.41, 5.74) is 1.95. The van der Waals surface area contributed by atoms with Crippen LogP contribution < -0.4 is 15.0 Å². The van der Waals surface area contributed by atoms with E-state index in [0.29, 0.717) is 32.1 Å². The van der Waals surface area contributed by atoms with Crippen LogP contribution in [-0.2, 0) is 26.2 Å². The fraction of sp³-hybridized carbons (Fsp3) is 0.343. The van der Waals surface area contributed by atoms with Crippen molar-refractivity contribution in [1.29, 1.82) is 0 Å². The molecule has 2 saturated heterocycles. The third-order valence-electron chi connectivity index (χ3n) is 10.9. The van der Waals surface area contributed by atoms with E-state index in [1.54, 1.807) is 41.3 Å². The zero-order valence-corrected chi connectivity index (χ0v) is 30.1. The third-order valence-corrected chi connectivity index (χ3v) is 13.3. The predicted octanol–water partition coefficient (Wildman–Crippen LogP) is 6.10. The van der Waals surface area contributed by atoms with E-state index in [1.807, 2.05) is 60.7 Å². The number of rotatable bonds is 4. The molecule has 6 atom stereocenters. The van der Waals surface area contributed by atoms with Gasteiger partial charge < -0.3 is 9.84 Å². The highest BCUT2D eigenvalue weighted by Crippen LogP contribution is 2.63. The van der Waals surface area contributed by atoms with Crippen LogP contribution in [0.15, 0.2) is 48.0 Å². The first-order valence-corrected chi connectivity index (χ1v) is 17.8. The highest BCUT2D eigenvalue weighted by atomic mass is 127. The van der Waals surface area contributed by atoms with Crippen molar-refractivity contribution in [3.8, 4) is 22.1 Å². The summed E-state index contributed by atoms with van der Waals surface area (Å²) < 4.78 is 8.65. The van der Waals surface area contributed by atoms with Crippen molar-refractivity contribution in [2.24, 2.45) is 36.1 Å². The number of amides is 4. The molecule has 2 aromatic carbocycles. The van der Waals surface area contributed by atoms with Crippen LogP contribution >= 0.6 is 45.5 Å². The standard InChI is InChI=1S/C35H30ClIN4O6S/c1-14-19-11-16(36)5-8-25(19)48-30(14)23-13-26(40(3)39-23)41-33(45)21-12-20-17(6-7-18-27(20)32(44)38-31(18)43)28(35(21,2)34(41)46)15-9-22(37)29(42)24(10-15)47-4/h5-6,8-11,13,18,20-21,27-28,42H,7,12H2,1-4H3,(H,38,43,44). The second-order valence-electron chi connectivity index (χ2n) is 13.3. The molecule has 4 heterocycles. The number of fused-ring (bicyclic) bond motifs is 5. The number of carbonyl (C=O) groups is 4. The molecule has 4 aromatic rings. The minimum absolute atomic E-state index is 0.0222. The lowest BCUT2D eigenvalue weighted by Gasteiger charge is -2.49. The molecule has 13 heteroatoms. The molecule has 3 fully saturated rings. The number of hydrogen-bond donors (Lipinski definition) is 2. The maximum Gasteiger partial charge on any atom is 0.242 e. The number of methoxy groups -OCH3 is 1. The maximum absolute atomic E-state index is 14.9. The van der Waals surface area contributed by atoms with Gasteiger partial charge in [-0.2, -0.15) is 5.10 Å². The maximum atomic E-state index is 14.9. The molecule has 2 aliphatic heterocycles. The van der Waals surface area contributed by atoms with E-state index >= 15 is 0 Å². The van der Waals surface area contributed by atoms with Gasteiger partial charge in [0.2, 0.25) is 23.6 Å². The zero-order chi connectivity index (χ0) is 34.0. The Balaban J connectivity index is 1.27. The molecule has 4 aliphatic rings. The van der Waals surface area contributed by atoms with Gasteiger partial charge in [0.1, 0.15) is 11.5 Å². The molecule has 48 heavy (non-hydrogen) atoms. The van der Waals surface area contributed by atoms with Crippen molar-refractivity contribution in [2.45, 2.75) is 32.6 Å². The summed E-state index contributed by atoms with van der Waals surface area (Å²) in [4.78, 5) is 57.7. The lowest BCUT2D eigenvalue weighted by molar-refractivity contribution is -0.131. The lowest BCUT2D eigenvalue weighted by atomic mass is 9.51. The Labute approximate surface area is 298 Å². The molecular formula is C35H30ClIN4O6S. The normalized spacial score (nSPS) is 28.0. The van der Waals surface area contributed by atoms with E-state index in [0.717, 1.165) is 26.1 Å². The number of phenolic OH excluding ortho intramolecular Hbond substituents is 1. The molecule has 1 saturated carbocycles. The highest BCUT2D eigenvalue weighted by molar-refractivity contribution is 14.1. The van der Waals surface area contributed by atoms with Gasteiger partial charge in [-0.05, 0) is 102 Å². The number of aryl methyl sites for hydroxylation is 2. The first-order chi connectivity index (χ1) is 22.8. The van der Waals surface area contributed by atoms with Gasteiger partial charge in [0, 0.05) is 28.8 Å². The van der Waals surface area contributed by atoms with E-state index in [2.05, 4.69) is 5.32 Å². The summed E-state index contributed by atoms with van der Waals surface area (Å²) in [5, 5.41) is 19.6. The smallest absolute Gasteiger partial charge is 0.242 e. The Kier molecular flexibility index (Phi) is 7.14. The lowest BCUT2D eigenvalue weighted by Crippen LogP contribution is -2.48. The number of benzene rings is 2. The summed E-state index contributed by atoms with van der Waals surface area (Å²) >= 11 is 9.88. The summed E-state index contributed by atoms with van der Waals surface area (Å²) in [6, 6.07) is 11.0. The molecule has 246 valence electrons. The van der Waals surface area contributed by atoms with Gasteiger partial charge in [-0.25, -0.2) is 4.90 Å². The summed E-state index contributed by atoms with van der Waals surface area (Å²) in [6.45, 7) is 3.83. The van der Waals surface area contributed by atoms with Gasteiger partial charge >= 0.3 is 0 Å². The Morgan fingerprint density at radius 2 is 1.90 bits per heavy atom. The minimum Gasteiger partial charge on any atom is -0.504 e. The van der Waals surface area contributed by atoms with Crippen molar-refractivity contribution in [3.05, 3.63) is 67.8 Å². The number of aromatic nitrogens is 2. The number of ether oxygens (including phenoxy) is 1. The molecule has 6 unspecified atom stereocenters. The number of nitrogens with zero attached hydrogens (tertiary/aromatic N) is 3. The third kappa shape index (κ3) is 4.24. The van der Waals surface area contributed by atoms with Crippen molar-refractivity contribution in [3.63, 3.8) is 0 Å². The number of thiophene rings is 1. The number of carbonyl (C=O) groups excluding carboxylic acids is 4. The van der Waals surface area contributed by atoms with Crippen LogP contribution in [0.1, 0.15) is 36.8 Å². The average molecular weight is 797 g/mol. The Morgan fingerprint density at radius 3 is 2.65 bits per heavy atom. The van der Waals surface area contributed by atoms with E-state index in [-0.39, 0.29) is 41.5 Å². The molecule has 10 nitrogen and oxygen atoms in total. The average Bonchev–Trinajstić information content (AvgIpc) is 3.73. The van der Waals surface area contributed by atoms with Gasteiger partial charge in [0.25, 0.3) is 0 Å². The fourth-order valence-electron chi connectivity index (χ4n) is 8.66. The number of imide groups is 2. The zero-order valence-electron chi connectivity index (χ0n) is 26.3.